The third kappa shape index (κ3) is 3.41. The molecular weight excluding hydrogens is 174 g/mol. The highest BCUT2D eigenvalue weighted by Crippen LogP contribution is 2.28. The van der Waals surface area contributed by atoms with Crippen molar-refractivity contribution in [3.05, 3.63) is 0 Å². The first-order chi connectivity index (χ1) is 6.74. The molecular formula is C12H19NO. The number of carbonyl (C=O) groups excluding carboxylic acids is 1. The van der Waals surface area contributed by atoms with Crippen molar-refractivity contribution in [2.75, 3.05) is 6.54 Å². The maximum Gasteiger partial charge on any atom is 0.223 e. The van der Waals surface area contributed by atoms with E-state index in [2.05, 4.69) is 18.2 Å². The van der Waals surface area contributed by atoms with Crippen LogP contribution in [0.4, 0.5) is 0 Å². The predicted molar refractivity (Wildman–Crippen MR) is 57.6 cm³/mol. The van der Waals surface area contributed by atoms with Crippen LogP contribution in [0.3, 0.4) is 0 Å². The van der Waals surface area contributed by atoms with E-state index in [1.807, 2.05) is 0 Å². The van der Waals surface area contributed by atoms with Gasteiger partial charge in [0.2, 0.25) is 5.91 Å². The molecule has 1 aliphatic carbocycles. The van der Waals surface area contributed by atoms with Crippen molar-refractivity contribution < 1.29 is 4.79 Å². The minimum atomic E-state index is 0.201. The van der Waals surface area contributed by atoms with Crippen molar-refractivity contribution >= 4 is 5.91 Å². The number of rotatable bonds is 3. The molecule has 2 nitrogen and oxygen atoms in total. The molecule has 0 unspecified atom stereocenters. The molecule has 0 saturated heterocycles. The molecule has 1 saturated carbocycles. The first-order valence-corrected chi connectivity index (χ1v) is 5.45. The lowest BCUT2D eigenvalue weighted by atomic mass is 9.82. The summed E-state index contributed by atoms with van der Waals surface area (Å²) >= 11 is 0. The van der Waals surface area contributed by atoms with Crippen LogP contribution in [0.15, 0.2) is 0 Å². The van der Waals surface area contributed by atoms with Crippen molar-refractivity contribution in [3.63, 3.8) is 0 Å². The molecule has 0 aromatic rings. The average molecular weight is 193 g/mol. The molecule has 14 heavy (non-hydrogen) atoms. The Labute approximate surface area is 86.5 Å². The standard InChI is InChI=1S/C12H19NO/c1-3-4-9-13-12(14)11-7-5-10(2)6-8-11/h1,10-11H,4-9H2,2H3,(H,13,14). The largest absolute Gasteiger partial charge is 0.355 e. The number of amides is 1. The summed E-state index contributed by atoms with van der Waals surface area (Å²) in [5.74, 6) is 3.76. The van der Waals surface area contributed by atoms with E-state index in [9.17, 15) is 4.79 Å². The molecule has 78 valence electrons. The van der Waals surface area contributed by atoms with Crippen LogP contribution < -0.4 is 5.32 Å². The quantitative estimate of drug-likeness (QED) is 0.538. The molecule has 1 N–H and O–H groups in total. The highest BCUT2D eigenvalue weighted by molar-refractivity contribution is 5.78. The zero-order valence-electron chi connectivity index (χ0n) is 8.88. The zero-order chi connectivity index (χ0) is 10.4. The lowest BCUT2D eigenvalue weighted by molar-refractivity contribution is -0.126. The molecule has 0 atom stereocenters. The van der Waals surface area contributed by atoms with Gasteiger partial charge in [0.05, 0.1) is 0 Å². The fraction of sp³-hybridized carbons (Fsp3) is 0.750. The SMILES string of the molecule is C#CCCNC(=O)C1CCC(C)CC1. The lowest BCUT2D eigenvalue weighted by Gasteiger charge is -2.25. The highest BCUT2D eigenvalue weighted by atomic mass is 16.1. The van der Waals surface area contributed by atoms with E-state index < -0.39 is 0 Å². The maximum absolute atomic E-state index is 11.6. The molecule has 0 spiro atoms. The van der Waals surface area contributed by atoms with E-state index in [0.29, 0.717) is 13.0 Å². The summed E-state index contributed by atoms with van der Waals surface area (Å²) in [6.07, 6.45) is 10.2. The normalized spacial score (nSPS) is 26.6. The maximum atomic E-state index is 11.6. The number of hydrogen-bond acceptors (Lipinski definition) is 1. The Hall–Kier alpha value is -0.970. The molecule has 1 rings (SSSR count). The van der Waals surface area contributed by atoms with Gasteiger partial charge in [-0.25, -0.2) is 0 Å². The van der Waals surface area contributed by atoms with Crippen LogP contribution in [0.5, 0.6) is 0 Å². The molecule has 1 aliphatic rings. The van der Waals surface area contributed by atoms with Gasteiger partial charge in [0.15, 0.2) is 0 Å². The minimum absolute atomic E-state index is 0.201. The topological polar surface area (TPSA) is 29.1 Å². The number of carbonyl (C=O) groups is 1. The second kappa shape index (κ2) is 5.70. The smallest absolute Gasteiger partial charge is 0.223 e. The van der Waals surface area contributed by atoms with Crippen LogP contribution in [-0.2, 0) is 4.79 Å². The van der Waals surface area contributed by atoms with Crippen LogP contribution >= 0.6 is 0 Å². The van der Waals surface area contributed by atoms with Crippen LogP contribution in [0.2, 0.25) is 0 Å². The van der Waals surface area contributed by atoms with Crippen molar-refractivity contribution in [1.82, 2.24) is 5.32 Å². The van der Waals surface area contributed by atoms with Gasteiger partial charge in [-0.3, -0.25) is 4.79 Å². The van der Waals surface area contributed by atoms with E-state index in [0.717, 1.165) is 18.8 Å². The van der Waals surface area contributed by atoms with Crippen molar-refractivity contribution in [3.8, 4) is 12.3 Å². The van der Waals surface area contributed by atoms with Gasteiger partial charge in [0.25, 0.3) is 0 Å². The van der Waals surface area contributed by atoms with Gasteiger partial charge in [-0.1, -0.05) is 6.92 Å². The molecule has 0 heterocycles. The second-order valence-electron chi connectivity index (χ2n) is 4.20. The molecule has 2 heteroatoms. The van der Waals surface area contributed by atoms with Crippen LogP contribution in [0.1, 0.15) is 39.0 Å². The predicted octanol–water partition coefficient (Wildman–Crippen LogP) is 1.95. The summed E-state index contributed by atoms with van der Waals surface area (Å²) < 4.78 is 0. The number of terminal acetylenes is 1. The van der Waals surface area contributed by atoms with Crippen molar-refractivity contribution in [2.45, 2.75) is 39.0 Å². The summed E-state index contributed by atoms with van der Waals surface area (Å²) in [5.41, 5.74) is 0. The van der Waals surface area contributed by atoms with Crippen LogP contribution in [0, 0.1) is 24.2 Å². The fourth-order valence-electron chi connectivity index (χ4n) is 1.92. The van der Waals surface area contributed by atoms with E-state index >= 15 is 0 Å². The molecule has 0 bridgehead atoms. The summed E-state index contributed by atoms with van der Waals surface area (Å²) in [4.78, 5) is 11.6. The summed E-state index contributed by atoms with van der Waals surface area (Å²) in [7, 11) is 0. The van der Waals surface area contributed by atoms with E-state index in [1.165, 1.54) is 12.8 Å². The van der Waals surface area contributed by atoms with Gasteiger partial charge in [-0.2, -0.15) is 0 Å². The van der Waals surface area contributed by atoms with E-state index in [-0.39, 0.29) is 11.8 Å². The molecule has 0 aliphatic heterocycles. The second-order valence-corrected chi connectivity index (χ2v) is 4.20. The van der Waals surface area contributed by atoms with Gasteiger partial charge in [0, 0.05) is 18.9 Å². The van der Waals surface area contributed by atoms with Crippen molar-refractivity contribution in [2.24, 2.45) is 11.8 Å². The van der Waals surface area contributed by atoms with E-state index in [1.54, 1.807) is 0 Å². The Morgan fingerprint density at radius 2 is 2.07 bits per heavy atom. The lowest BCUT2D eigenvalue weighted by Crippen LogP contribution is -2.33. The van der Waals surface area contributed by atoms with Crippen LogP contribution in [0.25, 0.3) is 0 Å². The Kier molecular flexibility index (Phi) is 4.52. The van der Waals surface area contributed by atoms with Gasteiger partial charge in [-0.05, 0) is 31.6 Å². The van der Waals surface area contributed by atoms with Gasteiger partial charge in [0.1, 0.15) is 0 Å². The fourth-order valence-corrected chi connectivity index (χ4v) is 1.92. The summed E-state index contributed by atoms with van der Waals surface area (Å²) in [6.45, 7) is 2.88. The Morgan fingerprint density at radius 3 is 2.64 bits per heavy atom. The van der Waals surface area contributed by atoms with Gasteiger partial charge in [-0.15, -0.1) is 12.3 Å². The number of hydrogen-bond donors (Lipinski definition) is 1. The van der Waals surface area contributed by atoms with E-state index in [4.69, 9.17) is 6.42 Å². The molecule has 0 aromatic carbocycles. The molecule has 1 amide bonds. The first kappa shape index (κ1) is 11.1. The van der Waals surface area contributed by atoms with Gasteiger partial charge < -0.3 is 5.32 Å². The molecule has 0 radical (unpaired) electrons. The van der Waals surface area contributed by atoms with Crippen LogP contribution in [-0.4, -0.2) is 12.5 Å². The average Bonchev–Trinajstić information content (AvgIpc) is 2.19. The summed E-state index contributed by atoms with van der Waals surface area (Å²) in [6, 6.07) is 0. The monoisotopic (exact) mass is 193 g/mol. The molecule has 0 aromatic heterocycles. The Morgan fingerprint density at radius 1 is 1.43 bits per heavy atom. The number of nitrogens with one attached hydrogen (secondary N) is 1. The molecule has 1 fully saturated rings. The summed E-state index contributed by atoms with van der Waals surface area (Å²) in [5, 5.41) is 2.89. The first-order valence-electron chi connectivity index (χ1n) is 5.45. The Bertz CT molecular complexity index is 221. The Balaban J connectivity index is 2.21. The zero-order valence-corrected chi connectivity index (χ0v) is 8.88. The third-order valence-electron chi connectivity index (χ3n) is 2.96. The van der Waals surface area contributed by atoms with Crippen molar-refractivity contribution in [1.29, 1.82) is 0 Å². The highest BCUT2D eigenvalue weighted by Gasteiger charge is 2.23. The minimum Gasteiger partial charge on any atom is -0.355 e. The van der Waals surface area contributed by atoms with Gasteiger partial charge >= 0.3 is 0 Å². The third-order valence-corrected chi connectivity index (χ3v) is 2.96.